The van der Waals surface area contributed by atoms with E-state index in [2.05, 4.69) is 4.74 Å². The summed E-state index contributed by atoms with van der Waals surface area (Å²) in [6, 6.07) is 0. The van der Waals surface area contributed by atoms with Crippen molar-refractivity contribution in [3.63, 3.8) is 0 Å². The van der Waals surface area contributed by atoms with Gasteiger partial charge in [0.1, 0.15) is 5.78 Å². The molecule has 2 N–H and O–H groups in total. The number of aliphatic hydroxyl groups excluding tert-OH is 1. The number of carbonyl (C=O) groups excluding carboxylic acids is 2. The standard InChI is InChI=1S/C24H36O5/c1-5-18(2)14-16-24(3,28)15-10-12-20-19(21(25)17-22(20)26)11-8-6-7-9-13-23(27)29-4/h5-7,10,12,14,16,19-20,22,26,28H,8-9,11,13,15,17H2,1-4H3/b7-6-,12-10+,16-14+,18-5+/t19-,20-,22-,24-/m1/s1. The number of allylic oxidation sites excluding steroid dienone is 5. The van der Waals surface area contributed by atoms with E-state index in [9.17, 15) is 19.8 Å². The number of esters is 1. The molecule has 1 rings (SSSR count). The number of aliphatic hydroxyl groups is 2. The average Bonchev–Trinajstić information content (AvgIpc) is 2.95. The first-order valence-corrected chi connectivity index (χ1v) is 10.3. The van der Waals surface area contributed by atoms with Crippen molar-refractivity contribution < 1.29 is 24.5 Å². The van der Waals surface area contributed by atoms with E-state index >= 15 is 0 Å². The van der Waals surface area contributed by atoms with E-state index in [1.807, 2.05) is 50.3 Å². The van der Waals surface area contributed by atoms with Crippen molar-refractivity contribution in [2.45, 2.75) is 71.0 Å². The summed E-state index contributed by atoms with van der Waals surface area (Å²) in [5, 5.41) is 20.7. The van der Waals surface area contributed by atoms with Crippen LogP contribution in [0.5, 0.6) is 0 Å². The van der Waals surface area contributed by atoms with E-state index in [0.717, 1.165) is 12.0 Å². The monoisotopic (exact) mass is 404 g/mol. The summed E-state index contributed by atoms with van der Waals surface area (Å²) in [4.78, 5) is 23.3. The summed E-state index contributed by atoms with van der Waals surface area (Å²) in [5.74, 6) is -0.577. The zero-order chi connectivity index (χ0) is 21.9. The van der Waals surface area contributed by atoms with Crippen molar-refractivity contribution in [3.8, 4) is 0 Å². The molecule has 1 saturated carbocycles. The highest BCUT2D eigenvalue weighted by molar-refractivity contribution is 5.84. The molecule has 5 heteroatoms. The first-order chi connectivity index (χ1) is 13.7. The van der Waals surface area contributed by atoms with Gasteiger partial charge >= 0.3 is 5.97 Å². The Labute approximate surface area is 174 Å². The van der Waals surface area contributed by atoms with E-state index < -0.39 is 11.7 Å². The van der Waals surface area contributed by atoms with Crippen LogP contribution in [0.1, 0.15) is 59.3 Å². The van der Waals surface area contributed by atoms with Crippen LogP contribution in [0.4, 0.5) is 0 Å². The number of methoxy groups -OCH3 is 1. The van der Waals surface area contributed by atoms with Crippen LogP contribution in [0.2, 0.25) is 0 Å². The fraction of sp³-hybridized carbons (Fsp3) is 0.583. The van der Waals surface area contributed by atoms with Gasteiger partial charge in [-0.05, 0) is 46.5 Å². The molecule has 0 heterocycles. The number of hydrogen-bond donors (Lipinski definition) is 2. The number of Topliss-reactive ketones (excluding diaryl/α,β-unsaturated/α-hetero) is 1. The van der Waals surface area contributed by atoms with E-state index in [1.165, 1.54) is 7.11 Å². The molecule has 0 aromatic heterocycles. The Balaban J connectivity index is 2.58. The minimum Gasteiger partial charge on any atom is -0.469 e. The second kappa shape index (κ2) is 12.6. The zero-order valence-corrected chi connectivity index (χ0v) is 18.1. The van der Waals surface area contributed by atoms with Crippen LogP contribution >= 0.6 is 0 Å². The first kappa shape index (κ1) is 25.1. The summed E-state index contributed by atoms with van der Waals surface area (Å²) in [6.07, 6.45) is 15.5. The van der Waals surface area contributed by atoms with Gasteiger partial charge in [0.15, 0.2) is 0 Å². The van der Waals surface area contributed by atoms with Gasteiger partial charge in [-0.1, -0.05) is 48.1 Å². The Morgan fingerprint density at radius 1 is 1.28 bits per heavy atom. The second-order valence-electron chi connectivity index (χ2n) is 7.94. The fourth-order valence-corrected chi connectivity index (χ4v) is 3.35. The molecule has 4 atom stereocenters. The van der Waals surface area contributed by atoms with Crippen LogP contribution in [0, 0.1) is 11.8 Å². The third-order valence-electron chi connectivity index (χ3n) is 5.34. The van der Waals surface area contributed by atoms with Gasteiger partial charge in [-0.15, -0.1) is 0 Å². The van der Waals surface area contributed by atoms with Crippen LogP contribution in [0.3, 0.4) is 0 Å². The summed E-state index contributed by atoms with van der Waals surface area (Å²) < 4.78 is 4.59. The van der Waals surface area contributed by atoms with Gasteiger partial charge in [-0.25, -0.2) is 0 Å². The Hall–Kier alpha value is -1.98. The average molecular weight is 405 g/mol. The molecular formula is C24H36O5. The molecule has 0 aromatic rings. The van der Waals surface area contributed by atoms with Gasteiger partial charge in [0, 0.05) is 24.7 Å². The number of rotatable bonds is 11. The molecule has 29 heavy (non-hydrogen) atoms. The maximum absolute atomic E-state index is 12.3. The van der Waals surface area contributed by atoms with E-state index in [4.69, 9.17) is 0 Å². The van der Waals surface area contributed by atoms with Gasteiger partial charge < -0.3 is 14.9 Å². The molecule has 1 aliphatic carbocycles. The summed E-state index contributed by atoms with van der Waals surface area (Å²) >= 11 is 0. The molecule has 162 valence electrons. The summed E-state index contributed by atoms with van der Waals surface area (Å²) in [6.45, 7) is 5.66. The lowest BCUT2D eigenvalue weighted by molar-refractivity contribution is -0.140. The Morgan fingerprint density at radius 2 is 1.97 bits per heavy atom. The Morgan fingerprint density at radius 3 is 2.62 bits per heavy atom. The predicted octanol–water partition coefficient (Wildman–Crippen LogP) is 4.06. The topological polar surface area (TPSA) is 83.8 Å². The van der Waals surface area contributed by atoms with Gasteiger partial charge in [-0.2, -0.15) is 0 Å². The first-order valence-electron chi connectivity index (χ1n) is 10.3. The van der Waals surface area contributed by atoms with Crippen molar-refractivity contribution in [1.82, 2.24) is 0 Å². The van der Waals surface area contributed by atoms with Crippen LogP contribution in [0.15, 0.2) is 48.1 Å². The SMILES string of the molecule is C/C=C(C)/C=C/[C@](C)(O)C/C=C/[C@H]1[C@H](O)CC(=O)[C@@H]1CC/C=C\CCC(=O)OC. The van der Waals surface area contributed by atoms with E-state index in [1.54, 1.807) is 13.0 Å². The van der Waals surface area contributed by atoms with Crippen molar-refractivity contribution >= 4 is 11.8 Å². The molecule has 5 nitrogen and oxygen atoms in total. The highest BCUT2D eigenvalue weighted by atomic mass is 16.5. The van der Waals surface area contributed by atoms with Gasteiger partial charge in [0.25, 0.3) is 0 Å². The van der Waals surface area contributed by atoms with Crippen LogP contribution in [-0.4, -0.2) is 40.8 Å². The van der Waals surface area contributed by atoms with Gasteiger partial charge in [0.05, 0.1) is 18.8 Å². The van der Waals surface area contributed by atoms with Crippen LogP contribution in [0.25, 0.3) is 0 Å². The normalized spacial score (nSPS) is 25.4. The molecular weight excluding hydrogens is 368 g/mol. The highest BCUT2D eigenvalue weighted by Gasteiger charge is 2.39. The van der Waals surface area contributed by atoms with E-state index in [0.29, 0.717) is 25.7 Å². The molecule has 0 saturated heterocycles. The third-order valence-corrected chi connectivity index (χ3v) is 5.34. The molecule has 0 bridgehead atoms. The largest absolute Gasteiger partial charge is 0.469 e. The molecule has 1 aliphatic rings. The quantitative estimate of drug-likeness (QED) is 0.308. The van der Waals surface area contributed by atoms with Crippen molar-refractivity contribution in [1.29, 1.82) is 0 Å². The molecule has 1 fully saturated rings. The highest BCUT2D eigenvalue weighted by Crippen LogP contribution is 2.34. The smallest absolute Gasteiger partial charge is 0.305 e. The molecule has 0 aliphatic heterocycles. The van der Waals surface area contributed by atoms with Gasteiger partial charge in [0.2, 0.25) is 0 Å². The number of ether oxygens (including phenoxy) is 1. The second-order valence-corrected chi connectivity index (χ2v) is 7.94. The number of carbonyl (C=O) groups is 2. The Bertz CT molecular complexity index is 654. The fourth-order valence-electron chi connectivity index (χ4n) is 3.35. The molecule has 0 amide bonds. The lowest BCUT2D eigenvalue weighted by Gasteiger charge is -2.19. The minimum absolute atomic E-state index is 0.0884. The third kappa shape index (κ3) is 9.37. The van der Waals surface area contributed by atoms with Crippen molar-refractivity contribution in [3.05, 3.63) is 48.1 Å². The summed E-state index contributed by atoms with van der Waals surface area (Å²) in [7, 11) is 1.37. The number of ketones is 1. The lowest BCUT2D eigenvalue weighted by atomic mass is 9.88. The molecule has 0 unspecified atom stereocenters. The maximum atomic E-state index is 12.3. The van der Waals surface area contributed by atoms with E-state index in [-0.39, 0.29) is 30.0 Å². The molecule has 0 radical (unpaired) electrons. The molecule has 0 spiro atoms. The lowest BCUT2D eigenvalue weighted by Crippen LogP contribution is -2.21. The minimum atomic E-state index is -0.980. The van der Waals surface area contributed by atoms with Crippen molar-refractivity contribution in [2.75, 3.05) is 7.11 Å². The van der Waals surface area contributed by atoms with Crippen molar-refractivity contribution in [2.24, 2.45) is 11.8 Å². The zero-order valence-electron chi connectivity index (χ0n) is 18.1. The number of hydrogen-bond acceptors (Lipinski definition) is 5. The van der Waals surface area contributed by atoms with Crippen LogP contribution in [-0.2, 0) is 14.3 Å². The summed E-state index contributed by atoms with van der Waals surface area (Å²) in [5.41, 5.74) is 0.0948. The van der Waals surface area contributed by atoms with Crippen LogP contribution < -0.4 is 0 Å². The maximum Gasteiger partial charge on any atom is 0.305 e. The predicted molar refractivity (Wildman–Crippen MR) is 115 cm³/mol. The van der Waals surface area contributed by atoms with Gasteiger partial charge in [-0.3, -0.25) is 9.59 Å². The Kier molecular flexibility index (Phi) is 10.8. The molecule has 0 aromatic carbocycles.